The Kier molecular flexibility index (Phi) is 4.71. The summed E-state index contributed by atoms with van der Waals surface area (Å²) in [5, 5.41) is -0.593. The highest BCUT2D eigenvalue weighted by Crippen LogP contribution is 2.34. The molecule has 0 fully saturated rings. The lowest BCUT2D eigenvalue weighted by Crippen LogP contribution is -2.10. The number of halogens is 2. The molecule has 1 aromatic rings. The van der Waals surface area contributed by atoms with Crippen LogP contribution in [0.1, 0.15) is 5.56 Å². The van der Waals surface area contributed by atoms with E-state index in [9.17, 15) is 8.96 Å². The summed E-state index contributed by atoms with van der Waals surface area (Å²) in [6, 6.07) is 3.46. The Labute approximate surface area is 86.5 Å². The van der Waals surface area contributed by atoms with Crippen molar-refractivity contribution in [3.05, 3.63) is 29.6 Å². The molecule has 0 aliphatic carbocycles. The van der Waals surface area contributed by atoms with Crippen molar-refractivity contribution in [2.75, 3.05) is 0 Å². The molecule has 0 spiro atoms. The summed E-state index contributed by atoms with van der Waals surface area (Å²) in [6.45, 7) is 0.137. The van der Waals surface area contributed by atoms with Crippen LogP contribution in [-0.2, 0) is 11.1 Å². The van der Waals surface area contributed by atoms with Crippen molar-refractivity contribution in [1.82, 2.24) is 0 Å². The smallest absolute Gasteiger partial charge is 0.326 e. The number of hydrogen-bond donors (Lipinski definition) is 3. The Hall–Kier alpha value is -0.450. The van der Waals surface area contributed by atoms with Crippen molar-refractivity contribution in [2.24, 2.45) is 5.73 Å². The van der Waals surface area contributed by atoms with Gasteiger partial charge in [0.1, 0.15) is 5.82 Å². The molecule has 0 atom stereocenters. The van der Waals surface area contributed by atoms with Crippen LogP contribution >= 0.6 is 20.0 Å². The fourth-order valence-electron chi connectivity index (χ4n) is 0.914. The van der Waals surface area contributed by atoms with Gasteiger partial charge in [-0.25, -0.2) is 4.39 Å². The van der Waals surface area contributed by atoms with E-state index in [1.165, 1.54) is 6.07 Å². The van der Waals surface area contributed by atoms with Crippen molar-refractivity contribution in [2.45, 2.75) is 6.54 Å². The summed E-state index contributed by atoms with van der Waals surface area (Å²) < 4.78 is 23.7. The first-order valence-corrected chi connectivity index (χ1v) is 5.11. The largest absolute Gasteiger partial charge is 0.359 e. The third-order valence-corrected chi connectivity index (χ3v) is 2.55. The van der Waals surface area contributed by atoms with Gasteiger partial charge < -0.3 is 15.5 Å². The first kappa shape index (κ1) is 13.5. The van der Waals surface area contributed by atoms with Gasteiger partial charge in [-0.05, 0) is 17.7 Å². The van der Waals surface area contributed by atoms with Gasteiger partial charge in [0, 0.05) is 6.54 Å². The minimum atomic E-state index is -4.50. The molecule has 0 unspecified atom stereocenters. The zero-order chi connectivity index (χ0) is 10.1. The summed E-state index contributed by atoms with van der Waals surface area (Å²) in [6.07, 6.45) is 0. The van der Waals surface area contributed by atoms with Gasteiger partial charge in [-0.3, -0.25) is 4.57 Å². The summed E-state index contributed by atoms with van der Waals surface area (Å²) in [5.41, 5.74) is 5.71. The fourth-order valence-corrected chi connectivity index (χ4v) is 1.53. The third kappa shape index (κ3) is 3.04. The Bertz CT molecular complexity index is 368. The predicted octanol–water partition coefficient (Wildman–Crippen LogP) is 0.509. The van der Waals surface area contributed by atoms with Gasteiger partial charge >= 0.3 is 7.60 Å². The van der Waals surface area contributed by atoms with E-state index < -0.39 is 18.7 Å². The molecule has 4 N–H and O–H groups in total. The van der Waals surface area contributed by atoms with Crippen LogP contribution < -0.4 is 11.0 Å². The summed E-state index contributed by atoms with van der Waals surface area (Å²) in [5.74, 6) is -0.920. The molecule has 0 heterocycles. The van der Waals surface area contributed by atoms with Gasteiger partial charge in [0.2, 0.25) is 0 Å². The maximum absolute atomic E-state index is 13.0. The fraction of sp³-hybridized carbons (Fsp3) is 0.143. The average molecular weight is 242 g/mol. The summed E-state index contributed by atoms with van der Waals surface area (Å²) in [4.78, 5) is 17.3. The second kappa shape index (κ2) is 4.87. The zero-order valence-electron chi connectivity index (χ0n) is 7.05. The van der Waals surface area contributed by atoms with Crippen LogP contribution in [0.15, 0.2) is 18.2 Å². The minimum absolute atomic E-state index is 0. The summed E-state index contributed by atoms with van der Waals surface area (Å²) in [7, 11) is -4.50. The molecule has 0 aliphatic rings. The second-order valence-corrected chi connectivity index (χ2v) is 4.10. The Morgan fingerprint density at radius 2 is 2.00 bits per heavy atom. The van der Waals surface area contributed by atoms with Crippen molar-refractivity contribution in [3.8, 4) is 0 Å². The molecule has 0 radical (unpaired) electrons. The molecule has 7 heteroatoms. The van der Waals surface area contributed by atoms with Crippen LogP contribution in [0.2, 0.25) is 0 Å². The molecule has 0 saturated carbocycles. The second-order valence-electron chi connectivity index (χ2n) is 2.53. The van der Waals surface area contributed by atoms with Crippen molar-refractivity contribution >= 4 is 25.3 Å². The number of benzene rings is 1. The quantitative estimate of drug-likeness (QED) is 0.659. The monoisotopic (exact) mass is 241 g/mol. The van der Waals surface area contributed by atoms with Crippen LogP contribution in [0.25, 0.3) is 0 Å². The Balaban J connectivity index is 0.00000169. The number of hydrogen-bond acceptors (Lipinski definition) is 2. The maximum atomic E-state index is 13.0. The minimum Gasteiger partial charge on any atom is -0.326 e. The predicted molar refractivity (Wildman–Crippen MR) is 53.2 cm³/mol. The van der Waals surface area contributed by atoms with Crippen LogP contribution in [0.3, 0.4) is 0 Å². The molecular formula is C7H10ClFNO3P. The van der Waals surface area contributed by atoms with E-state index >= 15 is 0 Å². The number of rotatable bonds is 2. The molecule has 0 aliphatic heterocycles. The Morgan fingerprint density at radius 1 is 1.43 bits per heavy atom. The van der Waals surface area contributed by atoms with Crippen LogP contribution in [0, 0.1) is 5.82 Å². The molecule has 80 valence electrons. The zero-order valence-corrected chi connectivity index (χ0v) is 8.76. The van der Waals surface area contributed by atoms with Gasteiger partial charge in [-0.15, -0.1) is 12.4 Å². The molecule has 1 rings (SSSR count). The highest BCUT2D eigenvalue weighted by Gasteiger charge is 2.21. The van der Waals surface area contributed by atoms with Gasteiger partial charge in [-0.2, -0.15) is 0 Å². The molecular weight excluding hydrogens is 232 g/mol. The lowest BCUT2D eigenvalue weighted by atomic mass is 10.2. The third-order valence-electron chi connectivity index (χ3n) is 1.56. The molecule has 0 saturated heterocycles. The van der Waals surface area contributed by atoms with Crippen molar-refractivity contribution in [3.63, 3.8) is 0 Å². The Morgan fingerprint density at radius 3 is 2.36 bits per heavy atom. The summed E-state index contributed by atoms with van der Waals surface area (Å²) >= 11 is 0. The highest BCUT2D eigenvalue weighted by molar-refractivity contribution is 7.60. The van der Waals surface area contributed by atoms with Gasteiger partial charge in [-0.1, -0.05) is 6.07 Å². The van der Waals surface area contributed by atoms with E-state index in [0.29, 0.717) is 5.56 Å². The normalized spacial score (nSPS) is 10.9. The lowest BCUT2D eigenvalue weighted by Gasteiger charge is -2.05. The molecule has 1 aromatic carbocycles. The molecule has 0 bridgehead atoms. The van der Waals surface area contributed by atoms with Crippen LogP contribution in [0.5, 0.6) is 0 Å². The van der Waals surface area contributed by atoms with E-state index in [1.807, 2.05) is 0 Å². The molecule has 0 aromatic heterocycles. The first-order valence-electron chi connectivity index (χ1n) is 3.49. The van der Waals surface area contributed by atoms with E-state index in [2.05, 4.69) is 0 Å². The van der Waals surface area contributed by atoms with E-state index in [4.69, 9.17) is 15.5 Å². The average Bonchev–Trinajstić information content (AvgIpc) is 2.01. The van der Waals surface area contributed by atoms with Crippen LogP contribution in [0.4, 0.5) is 4.39 Å². The maximum Gasteiger partial charge on any atom is 0.359 e. The topological polar surface area (TPSA) is 83.6 Å². The van der Waals surface area contributed by atoms with E-state index in [-0.39, 0.29) is 19.0 Å². The molecule has 0 amide bonds. The SMILES string of the molecule is Cl.NCc1ccc(P(=O)(O)O)c(F)c1. The van der Waals surface area contributed by atoms with Gasteiger partial charge in [0.15, 0.2) is 0 Å². The van der Waals surface area contributed by atoms with Gasteiger partial charge in [0.25, 0.3) is 0 Å². The molecule has 14 heavy (non-hydrogen) atoms. The number of nitrogens with two attached hydrogens (primary N) is 1. The van der Waals surface area contributed by atoms with Crippen molar-refractivity contribution in [1.29, 1.82) is 0 Å². The lowest BCUT2D eigenvalue weighted by molar-refractivity contribution is 0.385. The highest BCUT2D eigenvalue weighted by atomic mass is 35.5. The van der Waals surface area contributed by atoms with E-state index in [1.54, 1.807) is 0 Å². The standard InChI is InChI=1S/C7H9FNO3P.ClH/c8-6-3-5(4-9)1-2-7(6)13(10,11)12;/h1-3H,4,9H2,(H2,10,11,12);1H. The van der Waals surface area contributed by atoms with Crippen LogP contribution in [-0.4, -0.2) is 9.79 Å². The van der Waals surface area contributed by atoms with Crippen molar-refractivity contribution < 1.29 is 18.7 Å². The molecule has 4 nitrogen and oxygen atoms in total. The van der Waals surface area contributed by atoms with Gasteiger partial charge in [0.05, 0.1) is 5.30 Å². The first-order chi connectivity index (χ1) is 5.95. The van der Waals surface area contributed by atoms with E-state index in [0.717, 1.165) is 12.1 Å².